The highest BCUT2D eigenvalue weighted by molar-refractivity contribution is 6.07. The summed E-state index contributed by atoms with van der Waals surface area (Å²) in [5.41, 5.74) is 3.57. The lowest BCUT2D eigenvalue weighted by Gasteiger charge is -2.29. The predicted octanol–water partition coefficient (Wildman–Crippen LogP) is 3.85. The van der Waals surface area contributed by atoms with Gasteiger partial charge in [-0.3, -0.25) is 19.3 Å². The lowest BCUT2D eigenvalue weighted by atomic mass is 9.92. The molecule has 1 saturated heterocycles. The van der Waals surface area contributed by atoms with Crippen LogP contribution in [0.25, 0.3) is 0 Å². The Morgan fingerprint density at radius 3 is 2.41 bits per heavy atom. The van der Waals surface area contributed by atoms with Gasteiger partial charge in [-0.15, -0.1) is 0 Å². The van der Waals surface area contributed by atoms with Gasteiger partial charge in [-0.2, -0.15) is 0 Å². The number of carbonyl (C=O) groups is 3. The van der Waals surface area contributed by atoms with Crippen molar-refractivity contribution in [3.8, 4) is 5.75 Å². The van der Waals surface area contributed by atoms with Crippen molar-refractivity contribution in [2.75, 3.05) is 13.1 Å². The Hall–Kier alpha value is -3.06. The van der Waals surface area contributed by atoms with Gasteiger partial charge in [-0.25, -0.2) is 4.39 Å². The van der Waals surface area contributed by atoms with Crippen molar-refractivity contribution in [3.63, 3.8) is 0 Å². The van der Waals surface area contributed by atoms with Crippen molar-refractivity contribution in [1.29, 1.82) is 0 Å². The van der Waals surface area contributed by atoms with Crippen molar-refractivity contribution in [2.24, 2.45) is 0 Å². The lowest BCUT2D eigenvalue weighted by Crippen LogP contribution is -2.44. The molecule has 2 aliphatic heterocycles. The number of alkyl halides is 1. The Balaban J connectivity index is 1.21. The zero-order valence-corrected chi connectivity index (χ0v) is 19.2. The largest absolute Gasteiger partial charge is 0.489 e. The van der Waals surface area contributed by atoms with E-state index in [0.717, 1.165) is 30.8 Å². The summed E-state index contributed by atoms with van der Waals surface area (Å²) in [5, 5.41) is 0. The maximum absolute atomic E-state index is 13.3. The van der Waals surface area contributed by atoms with Gasteiger partial charge in [0.2, 0.25) is 0 Å². The average molecular weight is 465 g/mol. The molecule has 1 amide bonds. The van der Waals surface area contributed by atoms with Gasteiger partial charge < -0.3 is 9.64 Å². The third-order valence-corrected chi connectivity index (χ3v) is 7.11. The summed E-state index contributed by atoms with van der Waals surface area (Å²) < 4.78 is 19.4. The fourth-order valence-corrected chi connectivity index (χ4v) is 5.12. The van der Waals surface area contributed by atoms with Crippen LogP contribution in [0.3, 0.4) is 0 Å². The number of ketones is 2. The number of amides is 1. The fourth-order valence-electron chi connectivity index (χ4n) is 5.12. The molecular formula is C27H29FN2O4. The molecule has 7 heteroatoms. The molecule has 1 aliphatic carbocycles. The fraction of sp³-hybridized carbons (Fsp3) is 0.444. The number of piperidine rings is 1. The summed E-state index contributed by atoms with van der Waals surface area (Å²) in [5.74, 6) is 0.249. The van der Waals surface area contributed by atoms with Crippen LogP contribution in [-0.4, -0.2) is 52.6 Å². The Morgan fingerprint density at radius 1 is 0.941 bits per heavy atom. The van der Waals surface area contributed by atoms with Crippen molar-refractivity contribution in [1.82, 2.24) is 9.80 Å². The number of fused-ring (bicyclic) bond motifs is 1. The minimum absolute atomic E-state index is 0.0511. The van der Waals surface area contributed by atoms with Crippen LogP contribution in [-0.2, 0) is 29.3 Å². The summed E-state index contributed by atoms with van der Waals surface area (Å²) in [7, 11) is 0. The monoisotopic (exact) mass is 464 g/mol. The van der Waals surface area contributed by atoms with Crippen LogP contribution in [0.4, 0.5) is 4.39 Å². The zero-order valence-electron chi connectivity index (χ0n) is 19.2. The molecule has 34 heavy (non-hydrogen) atoms. The highest BCUT2D eigenvalue weighted by atomic mass is 19.1. The topological polar surface area (TPSA) is 66.9 Å². The SMILES string of the molecule is O=C1CCC(N2Cc3c(OCc4ccc(CN5CCC(F)CC5)cc4)cccc3C2=O)C(=O)C1. The van der Waals surface area contributed by atoms with E-state index >= 15 is 0 Å². The molecule has 2 aromatic rings. The van der Waals surface area contributed by atoms with Gasteiger partial charge in [0.15, 0.2) is 5.78 Å². The zero-order chi connectivity index (χ0) is 23.7. The van der Waals surface area contributed by atoms with Gasteiger partial charge in [0.25, 0.3) is 5.91 Å². The molecule has 0 radical (unpaired) electrons. The molecule has 2 aromatic carbocycles. The van der Waals surface area contributed by atoms with Crippen LogP contribution in [0.5, 0.6) is 5.75 Å². The van der Waals surface area contributed by atoms with Gasteiger partial charge >= 0.3 is 0 Å². The van der Waals surface area contributed by atoms with Crippen LogP contribution in [0.15, 0.2) is 42.5 Å². The quantitative estimate of drug-likeness (QED) is 0.608. The first kappa shape index (κ1) is 22.7. The Bertz CT molecular complexity index is 1090. The van der Waals surface area contributed by atoms with Crippen molar-refractivity contribution < 1.29 is 23.5 Å². The third-order valence-electron chi connectivity index (χ3n) is 7.11. The van der Waals surface area contributed by atoms with Crippen LogP contribution in [0.1, 0.15) is 59.2 Å². The third kappa shape index (κ3) is 4.75. The van der Waals surface area contributed by atoms with Crippen LogP contribution < -0.4 is 4.74 Å². The second-order valence-corrected chi connectivity index (χ2v) is 9.51. The van der Waals surface area contributed by atoms with Gasteiger partial charge in [-0.05, 0) is 42.5 Å². The molecule has 0 N–H and O–H groups in total. The molecule has 178 valence electrons. The molecule has 3 aliphatic rings. The van der Waals surface area contributed by atoms with E-state index in [-0.39, 0.29) is 23.9 Å². The number of hydrogen-bond donors (Lipinski definition) is 0. The maximum Gasteiger partial charge on any atom is 0.255 e. The van der Waals surface area contributed by atoms with Crippen LogP contribution >= 0.6 is 0 Å². The maximum atomic E-state index is 13.3. The minimum atomic E-state index is -0.662. The van der Waals surface area contributed by atoms with E-state index in [0.29, 0.717) is 50.1 Å². The van der Waals surface area contributed by atoms with Crippen molar-refractivity contribution in [2.45, 2.75) is 64.0 Å². The number of Topliss-reactive ketones (excluding diaryl/α,β-unsaturated/α-hetero) is 2. The van der Waals surface area contributed by atoms with E-state index in [1.54, 1.807) is 17.0 Å². The van der Waals surface area contributed by atoms with Gasteiger partial charge in [0.1, 0.15) is 24.3 Å². The summed E-state index contributed by atoms with van der Waals surface area (Å²) in [6.45, 7) is 3.11. The number of rotatable bonds is 6. The second-order valence-electron chi connectivity index (χ2n) is 9.51. The lowest BCUT2D eigenvalue weighted by molar-refractivity contribution is -0.133. The van der Waals surface area contributed by atoms with E-state index in [4.69, 9.17) is 4.74 Å². The van der Waals surface area contributed by atoms with E-state index in [2.05, 4.69) is 17.0 Å². The number of carbonyl (C=O) groups excluding carboxylic acids is 3. The molecule has 1 atom stereocenters. The van der Waals surface area contributed by atoms with E-state index in [9.17, 15) is 18.8 Å². The smallest absolute Gasteiger partial charge is 0.255 e. The first-order chi connectivity index (χ1) is 16.5. The van der Waals surface area contributed by atoms with Gasteiger partial charge in [0, 0.05) is 37.2 Å². The molecule has 1 unspecified atom stereocenters. The second kappa shape index (κ2) is 9.66. The number of ether oxygens (including phenoxy) is 1. The standard InChI is InChI=1S/C27H29FN2O4/c28-20-10-12-29(13-11-20)15-18-4-6-19(7-5-18)17-34-26-3-1-2-22-23(26)16-30(27(22)33)24-9-8-21(31)14-25(24)32/h1-7,20,24H,8-17H2. The molecule has 5 rings (SSSR count). The molecule has 0 spiro atoms. The highest BCUT2D eigenvalue weighted by Gasteiger charge is 2.40. The first-order valence-electron chi connectivity index (χ1n) is 12.0. The minimum Gasteiger partial charge on any atom is -0.489 e. The summed E-state index contributed by atoms with van der Waals surface area (Å²) in [6.07, 6.45) is 1.21. The molecule has 2 heterocycles. The van der Waals surface area contributed by atoms with Crippen LogP contribution in [0, 0.1) is 0 Å². The number of hydrogen-bond acceptors (Lipinski definition) is 5. The normalized spacial score (nSPS) is 21.7. The number of benzene rings is 2. The molecule has 2 fully saturated rings. The van der Waals surface area contributed by atoms with Crippen LogP contribution in [0.2, 0.25) is 0 Å². The van der Waals surface area contributed by atoms with E-state index < -0.39 is 12.2 Å². The van der Waals surface area contributed by atoms with Gasteiger partial charge in [-0.1, -0.05) is 30.3 Å². The van der Waals surface area contributed by atoms with Crippen molar-refractivity contribution in [3.05, 3.63) is 64.7 Å². The Labute approximate surface area is 198 Å². The van der Waals surface area contributed by atoms with Gasteiger partial charge in [0.05, 0.1) is 19.0 Å². The molecular weight excluding hydrogens is 435 g/mol. The summed E-state index contributed by atoms with van der Waals surface area (Å²) in [6, 6.07) is 13.1. The predicted molar refractivity (Wildman–Crippen MR) is 124 cm³/mol. The molecule has 6 nitrogen and oxygen atoms in total. The number of halogens is 1. The summed E-state index contributed by atoms with van der Waals surface area (Å²) in [4.78, 5) is 40.8. The summed E-state index contributed by atoms with van der Waals surface area (Å²) >= 11 is 0. The Kier molecular flexibility index (Phi) is 6.46. The Morgan fingerprint density at radius 2 is 1.68 bits per heavy atom. The number of likely N-dealkylation sites (tertiary alicyclic amines) is 1. The van der Waals surface area contributed by atoms with E-state index in [1.165, 1.54) is 5.56 Å². The van der Waals surface area contributed by atoms with Crippen molar-refractivity contribution >= 4 is 17.5 Å². The average Bonchev–Trinajstić information content (AvgIpc) is 3.17. The first-order valence-corrected chi connectivity index (χ1v) is 12.0. The number of nitrogens with zero attached hydrogens (tertiary/aromatic N) is 2. The molecule has 0 aromatic heterocycles. The highest BCUT2D eigenvalue weighted by Crippen LogP contribution is 2.34. The van der Waals surface area contributed by atoms with E-state index in [1.807, 2.05) is 18.2 Å². The molecule has 0 bridgehead atoms. The molecule has 1 saturated carbocycles.